The van der Waals surface area contributed by atoms with Gasteiger partial charge in [0, 0.05) is 37.2 Å². The highest BCUT2D eigenvalue weighted by Crippen LogP contribution is 2.40. The summed E-state index contributed by atoms with van der Waals surface area (Å²) in [7, 11) is 3.81. The van der Waals surface area contributed by atoms with Gasteiger partial charge in [-0.25, -0.2) is 0 Å². The zero-order chi connectivity index (χ0) is 21.4. The molecule has 2 unspecified atom stereocenters. The Morgan fingerprint density at radius 3 is 2.67 bits per heavy atom. The van der Waals surface area contributed by atoms with Crippen LogP contribution in [-0.2, 0) is 30.2 Å². The Bertz CT molecular complexity index is 1080. The van der Waals surface area contributed by atoms with Crippen molar-refractivity contribution in [2.75, 3.05) is 13.2 Å². The van der Waals surface area contributed by atoms with Gasteiger partial charge in [0.25, 0.3) is 5.91 Å². The lowest BCUT2D eigenvalue weighted by Crippen LogP contribution is -2.34. The molecule has 1 aromatic carbocycles. The van der Waals surface area contributed by atoms with Gasteiger partial charge >= 0.3 is 5.97 Å². The third-order valence-corrected chi connectivity index (χ3v) is 5.94. The monoisotopic (exact) mass is 408 g/mol. The second kappa shape index (κ2) is 7.97. The Labute approximate surface area is 176 Å². The van der Waals surface area contributed by atoms with E-state index in [1.807, 2.05) is 78.5 Å². The van der Waals surface area contributed by atoms with Crippen molar-refractivity contribution in [2.45, 2.75) is 26.8 Å². The van der Waals surface area contributed by atoms with Gasteiger partial charge < -0.3 is 14.2 Å². The minimum Gasteiger partial charge on any atom is -0.466 e. The summed E-state index contributed by atoms with van der Waals surface area (Å²) >= 11 is 0. The zero-order valence-corrected chi connectivity index (χ0v) is 18.0. The van der Waals surface area contributed by atoms with E-state index in [9.17, 15) is 9.59 Å². The lowest BCUT2D eigenvalue weighted by Gasteiger charge is -2.22. The van der Waals surface area contributed by atoms with E-state index in [1.54, 1.807) is 0 Å². The number of aryl methyl sites for hydroxylation is 3. The second-order valence-corrected chi connectivity index (χ2v) is 8.09. The van der Waals surface area contributed by atoms with Crippen LogP contribution in [0.25, 0.3) is 10.9 Å². The number of hydrogen-bond donors (Lipinski definition) is 0. The minimum absolute atomic E-state index is 0.0495. The molecule has 2 heterocycles. The topological polar surface area (TPSA) is 69.4 Å². The molecule has 30 heavy (non-hydrogen) atoms. The van der Waals surface area contributed by atoms with Gasteiger partial charge in [-0.05, 0) is 44.4 Å². The van der Waals surface area contributed by atoms with Gasteiger partial charge in [-0.2, -0.15) is 5.10 Å². The predicted molar refractivity (Wildman–Crippen MR) is 114 cm³/mol. The zero-order valence-electron chi connectivity index (χ0n) is 18.0. The van der Waals surface area contributed by atoms with Crippen LogP contribution < -0.4 is 0 Å². The Hall–Kier alpha value is -3.09. The fourth-order valence-electron chi connectivity index (χ4n) is 4.05. The van der Waals surface area contributed by atoms with Crippen LogP contribution in [0.2, 0.25) is 0 Å². The highest BCUT2D eigenvalue weighted by atomic mass is 16.5. The molecule has 1 aliphatic carbocycles. The fourth-order valence-corrected chi connectivity index (χ4v) is 4.05. The molecule has 7 nitrogen and oxygen atoms in total. The fraction of sp³-hybridized carbons (Fsp3) is 0.435. The van der Waals surface area contributed by atoms with E-state index in [0.29, 0.717) is 25.4 Å². The summed E-state index contributed by atoms with van der Waals surface area (Å²) < 4.78 is 8.90. The number of aromatic nitrogens is 3. The maximum Gasteiger partial charge on any atom is 0.309 e. The number of esters is 1. The van der Waals surface area contributed by atoms with Crippen molar-refractivity contribution in [3.63, 3.8) is 0 Å². The number of para-hydroxylation sites is 1. The highest BCUT2D eigenvalue weighted by Gasteiger charge is 2.45. The van der Waals surface area contributed by atoms with Crippen LogP contribution in [0.4, 0.5) is 0 Å². The Balaban J connectivity index is 1.59. The van der Waals surface area contributed by atoms with Crippen LogP contribution in [0.15, 0.2) is 36.4 Å². The van der Waals surface area contributed by atoms with Gasteiger partial charge in [0.05, 0.1) is 24.8 Å². The molecule has 0 aliphatic heterocycles. The number of hydrogen-bond acceptors (Lipinski definition) is 4. The van der Waals surface area contributed by atoms with E-state index in [2.05, 4.69) is 5.10 Å². The van der Waals surface area contributed by atoms with E-state index in [1.165, 1.54) is 0 Å². The molecule has 0 radical (unpaired) electrons. The lowest BCUT2D eigenvalue weighted by molar-refractivity contribution is -0.145. The molecule has 1 amide bonds. The molecule has 1 fully saturated rings. The molecule has 0 bridgehead atoms. The van der Waals surface area contributed by atoms with Gasteiger partial charge in [0.2, 0.25) is 0 Å². The average molecular weight is 409 g/mol. The number of rotatable bonds is 7. The summed E-state index contributed by atoms with van der Waals surface area (Å²) in [4.78, 5) is 27.4. The van der Waals surface area contributed by atoms with Crippen LogP contribution in [0.1, 0.15) is 35.2 Å². The Kier molecular flexibility index (Phi) is 5.37. The van der Waals surface area contributed by atoms with E-state index in [0.717, 1.165) is 28.7 Å². The summed E-state index contributed by atoms with van der Waals surface area (Å²) in [6.45, 7) is 5.11. The van der Waals surface area contributed by atoms with Gasteiger partial charge in [-0.1, -0.05) is 18.2 Å². The van der Waals surface area contributed by atoms with Gasteiger partial charge in [-0.3, -0.25) is 14.3 Å². The summed E-state index contributed by atoms with van der Waals surface area (Å²) in [5.74, 6) is -0.189. The van der Waals surface area contributed by atoms with Crippen LogP contribution in [0.3, 0.4) is 0 Å². The molecule has 0 spiro atoms. The Morgan fingerprint density at radius 2 is 2.00 bits per heavy atom. The number of carbonyl (C=O) groups excluding carboxylic acids is 2. The van der Waals surface area contributed by atoms with Crippen molar-refractivity contribution in [2.24, 2.45) is 25.9 Å². The first-order chi connectivity index (χ1) is 14.4. The summed E-state index contributed by atoms with van der Waals surface area (Å²) in [6.07, 6.45) is 0.763. The lowest BCUT2D eigenvalue weighted by atomic mass is 10.2. The minimum atomic E-state index is -0.159. The van der Waals surface area contributed by atoms with Gasteiger partial charge in [0.1, 0.15) is 5.69 Å². The average Bonchev–Trinajstić information content (AvgIpc) is 3.32. The third-order valence-electron chi connectivity index (χ3n) is 5.94. The molecule has 0 saturated heterocycles. The van der Waals surface area contributed by atoms with Crippen molar-refractivity contribution < 1.29 is 14.3 Å². The first-order valence-corrected chi connectivity index (χ1v) is 10.4. The molecule has 2 atom stereocenters. The first-order valence-electron chi connectivity index (χ1n) is 10.4. The third kappa shape index (κ3) is 3.84. The summed E-state index contributed by atoms with van der Waals surface area (Å²) in [5, 5.41) is 5.56. The molecule has 1 saturated carbocycles. The van der Waals surface area contributed by atoms with Crippen molar-refractivity contribution >= 4 is 22.8 Å². The second-order valence-electron chi connectivity index (χ2n) is 8.09. The molecule has 7 heteroatoms. The first kappa shape index (κ1) is 20.2. The molecule has 3 aromatic rings. The number of benzene rings is 1. The van der Waals surface area contributed by atoms with Crippen LogP contribution in [0.5, 0.6) is 0 Å². The molecule has 4 rings (SSSR count). The van der Waals surface area contributed by atoms with Crippen LogP contribution in [-0.4, -0.2) is 44.3 Å². The van der Waals surface area contributed by atoms with Crippen LogP contribution >= 0.6 is 0 Å². The van der Waals surface area contributed by atoms with E-state index in [4.69, 9.17) is 4.74 Å². The summed E-state index contributed by atoms with van der Waals surface area (Å²) in [6, 6.07) is 11.9. The molecule has 2 aromatic heterocycles. The standard InChI is InChI=1S/C23H28N4O3/c1-5-30-23(29)19-11-17(19)13-27(14-18-10-15(2)26(4)24-18)22(28)21-12-16-8-6-7-9-20(16)25(21)3/h6-10,12,17,19H,5,11,13-14H2,1-4H3. The quantitative estimate of drug-likeness (QED) is 0.564. The van der Waals surface area contributed by atoms with Gasteiger partial charge in [-0.15, -0.1) is 0 Å². The molecule has 0 N–H and O–H groups in total. The maximum atomic E-state index is 13.6. The normalized spacial score (nSPS) is 17.9. The largest absolute Gasteiger partial charge is 0.466 e. The number of nitrogens with zero attached hydrogens (tertiary/aromatic N) is 4. The van der Waals surface area contributed by atoms with E-state index >= 15 is 0 Å². The number of fused-ring (bicyclic) bond motifs is 1. The van der Waals surface area contributed by atoms with Crippen molar-refractivity contribution in [1.82, 2.24) is 19.2 Å². The van der Waals surface area contributed by atoms with Crippen LogP contribution in [0, 0.1) is 18.8 Å². The number of carbonyl (C=O) groups is 2. The van der Waals surface area contributed by atoms with Gasteiger partial charge in [0.15, 0.2) is 0 Å². The number of amides is 1. The molecular formula is C23H28N4O3. The molecular weight excluding hydrogens is 380 g/mol. The smallest absolute Gasteiger partial charge is 0.309 e. The van der Waals surface area contributed by atoms with Crippen molar-refractivity contribution in [1.29, 1.82) is 0 Å². The Morgan fingerprint density at radius 1 is 1.23 bits per heavy atom. The SMILES string of the molecule is CCOC(=O)C1CC1CN(Cc1cc(C)n(C)n1)C(=O)c1cc2ccccc2n1C. The van der Waals surface area contributed by atoms with Crippen molar-refractivity contribution in [3.05, 3.63) is 53.5 Å². The predicted octanol–water partition coefficient (Wildman–Crippen LogP) is 3.06. The van der Waals surface area contributed by atoms with Crippen molar-refractivity contribution in [3.8, 4) is 0 Å². The molecule has 158 valence electrons. The van der Waals surface area contributed by atoms with E-state index < -0.39 is 0 Å². The molecule has 1 aliphatic rings. The highest BCUT2D eigenvalue weighted by molar-refractivity contribution is 5.98. The maximum absolute atomic E-state index is 13.6. The van der Waals surface area contributed by atoms with E-state index in [-0.39, 0.29) is 23.7 Å². The summed E-state index contributed by atoms with van der Waals surface area (Å²) in [5.41, 5.74) is 3.54. The number of ether oxygens (including phenoxy) is 1.